The first-order chi connectivity index (χ1) is 33.9. The molecule has 0 unspecified atom stereocenters. The van der Waals surface area contributed by atoms with Crippen LogP contribution in [-0.2, 0) is 0 Å². The Labute approximate surface area is 387 Å². The third-order valence-electron chi connectivity index (χ3n) is 12.2. The van der Waals surface area contributed by atoms with Crippen LogP contribution in [0.25, 0.3) is 88.7 Å². The third kappa shape index (κ3) is 8.16. The first-order valence-electron chi connectivity index (χ1n) is 24.0. The summed E-state index contributed by atoms with van der Waals surface area (Å²) in [7, 11) is 0. The van der Waals surface area contributed by atoms with E-state index in [4.69, 9.17) is 0 Å². The van der Waals surface area contributed by atoms with E-state index in [1.165, 1.54) is 0 Å². The Morgan fingerprint density at radius 2 is 0.615 bits per heavy atom. The van der Waals surface area contributed by atoms with E-state index >= 15 is 0 Å². The fourth-order valence-corrected chi connectivity index (χ4v) is 8.84. The van der Waals surface area contributed by atoms with Crippen LogP contribution in [0, 0.1) is 0 Å². The molecule has 0 radical (unpaired) electrons. The molecule has 1 nitrogen and oxygen atoms in total. The van der Waals surface area contributed by atoms with E-state index < -0.39 is 0 Å². The second-order valence-corrected chi connectivity index (χ2v) is 16.2. The van der Waals surface area contributed by atoms with Crippen LogP contribution in [0.4, 0.5) is 17.1 Å². The minimum Gasteiger partial charge on any atom is -0.311 e. The van der Waals surface area contributed by atoms with Gasteiger partial charge >= 0.3 is 0 Å². The molecule has 0 spiro atoms. The quantitative estimate of drug-likeness (QED) is 0.133. The second kappa shape index (κ2) is 17.7. The number of nitrogens with zero attached hydrogens (tertiary/aromatic N) is 1. The highest BCUT2D eigenvalue weighted by molar-refractivity contribution is 6.04. The van der Waals surface area contributed by atoms with E-state index in [-0.39, 0.29) is 35.4 Å². The van der Waals surface area contributed by atoms with Crippen LogP contribution in [0.15, 0.2) is 273 Å². The van der Waals surface area contributed by atoms with Crippen LogP contribution in [0.3, 0.4) is 0 Å². The summed E-state index contributed by atoms with van der Waals surface area (Å²) in [5.74, 6) is 0. The van der Waals surface area contributed by atoms with E-state index in [0.29, 0.717) is 16.9 Å². The number of benzene rings is 11. The van der Waals surface area contributed by atoms with Gasteiger partial charge in [-0.25, -0.2) is 0 Å². The predicted octanol–water partition coefficient (Wildman–Crippen LogP) is 18.0. The number of hydrogen-bond donors (Lipinski definition) is 0. The fraction of sp³-hybridized carbons (Fsp3) is 0. The van der Waals surface area contributed by atoms with Gasteiger partial charge in [0.05, 0.1) is 5.48 Å². The molecular weight excluding hydrogens is 783 g/mol. The summed E-state index contributed by atoms with van der Waals surface area (Å²) in [6.07, 6.45) is 0. The lowest BCUT2D eigenvalue weighted by Crippen LogP contribution is -2.09. The molecule has 1 heteroatoms. The third-order valence-corrected chi connectivity index (χ3v) is 12.2. The van der Waals surface area contributed by atoms with Gasteiger partial charge in [-0.1, -0.05) is 218 Å². The van der Waals surface area contributed by atoms with Crippen LogP contribution in [0.5, 0.6) is 0 Å². The van der Waals surface area contributed by atoms with Crippen LogP contribution in [0.2, 0.25) is 0 Å². The van der Waals surface area contributed by atoms with Crippen molar-refractivity contribution in [3.8, 4) is 77.9 Å². The summed E-state index contributed by atoms with van der Waals surface area (Å²) < 4.78 is 38.3. The van der Waals surface area contributed by atoms with Gasteiger partial charge in [-0.2, -0.15) is 0 Å². The SMILES string of the molecule is [2H]c1c([2H])c(N(c2ccc(-c3cc(-c4ccccc4)cc(-c4ccccc4)c3)cc2)c2ccc(-c3ccc4ccccc4c3-c3ccccc3)cc2)c([2H])c([2H])c1-c1ccc(-c2ccccc2)cc1. The standard InChI is InChI=1S/C64H45N/c1-5-15-46(16-6-1)49-25-27-50(28-26-49)51-29-36-59(37-30-51)65(61-40-33-54(34-41-61)63-42-35-53-21-13-14-24-62(53)64(63)55-22-11-4-12-23-55)60-38-31-52(32-39-60)58-44-56(47-17-7-2-8-18-47)43-57(45-58)48-19-9-3-10-20-48/h1-45H/i29D,30D,36D,37D. The van der Waals surface area contributed by atoms with E-state index in [9.17, 15) is 5.48 Å². The highest BCUT2D eigenvalue weighted by atomic mass is 15.1. The average molecular weight is 832 g/mol. The Hall–Kier alpha value is -8.52. The van der Waals surface area contributed by atoms with Gasteiger partial charge in [-0.15, -0.1) is 0 Å². The molecule has 0 amide bonds. The molecule has 0 saturated carbocycles. The molecule has 0 saturated heterocycles. The molecule has 65 heavy (non-hydrogen) atoms. The molecular formula is C64H45N. The van der Waals surface area contributed by atoms with Gasteiger partial charge in [-0.3, -0.25) is 0 Å². The van der Waals surface area contributed by atoms with Crippen molar-refractivity contribution < 1.29 is 5.48 Å². The maximum Gasteiger partial charge on any atom is 0.0645 e. The van der Waals surface area contributed by atoms with Crippen molar-refractivity contribution in [3.05, 3.63) is 273 Å². The van der Waals surface area contributed by atoms with Crippen molar-refractivity contribution in [1.82, 2.24) is 0 Å². The van der Waals surface area contributed by atoms with E-state index in [1.54, 1.807) is 0 Å². The minimum absolute atomic E-state index is 0.105. The highest BCUT2D eigenvalue weighted by Gasteiger charge is 2.17. The topological polar surface area (TPSA) is 3.24 Å². The molecule has 0 N–H and O–H groups in total. The predicted molar refractivity (Wildman–Crippen MR) is 277 cm³/mol. The Kier molecular flexibility index (Phi) is 9.52. The molecule has 11 aromatic carbocycles. The Morgan fingerprint density at radius 3 is 1.12 bits per heavy atom. The van der Waals surface area contributed by atoms with Crippen molar-refractivity contribution >= 4 is 27.8 Å². The first kappa shape index (κ1) is 35.0. The molecule has 0 aromatic heterocycles. The molecule has 0 heterocycles. The Bertz CT molecular complexity index is 3510. The van der Waals surface area contributed by atoms with Crippen molar-refractivity contribution in [2.24, 2.45) is 0 Å². The van der Waals surface area contributed by atoms with Crippen molar-refractivity contribution in [2.75, 3.05) is 4.90 Å². The normalized spacial score (nSPS) is 11.9. The largest absolute Gasteiger partial charge is 0.311 e. The zero-order chi connectivity index (χ0) is 46.8. The second-order valence-electron chi connectivity index (χ2n) is 16.2. The number of rotatable bonds is 10. The van der Waals surface area contributed by atoms with Gasteiger partial charge in [0.2, 0.25) is 0 Å². The molecule has 0 aliphatic heterocycles. The summed E-state index contributed by atoms with van der Waals surface area (Å²) in [4.78, 5) is 1.87. The maximum atomic E-state index is 9.66. The zero-order valence-corrected chi connectivity index (χ0v) is 35.6. The lowest BCUT2D eigenvalue weighted by Gasteiger charge is -2.26. The molecule has 306 valence electrons. The molecule has 11 aromatic rings. The molecule has 0 bridgehead atoms. The van der Waals surface area contributed by atoms with E-state index in [1.807, 2.05) is 102 Å². The van der Waals surface area contributed by atoms with Crippen LogP contribution >= 0.6 is 0 Å². The summed E-state index contributed by atoms with van der Waals surface area (Å²) >= 11 is 0. The van der Waals surface area contributed by atoms with Crippen molar-refractivity contribution in [1.29, 1.82) is 0 Å². The Morgan fingerprint density at radius 1 is 0.246 bits per heavy atom. The molecule has 0 aliphatic carbocycles. The lowest BCUT2D eigenvalue weighted by molar-refractivity contribution is 1.28. The van der Waals surface area contributed by atoms with Crippen molar-refractivity contribution in [2.45, 2.75) is 0 Å². The molecule has 0 atom stereocenters. The summed E-state index contributed by atoms with van der Waals surface area (Å²) in [6.45, 7) is 0. The van der Waals surface area contributed by atoms with Crippen LogP contribution < -0.4 is 4.90 Å². The van der Waals surface area contributed by atoms with Crippen molar-refractivity contribution in [3.63, 3.8) is 0 Å². The molecule has 0 aliphatic rings. The van der Waals surface area contributed by atoms with E-state index in [0.717, 1.165) is 77.5 Å². The number of anilines is 3. The van der Waals surface area contributed by atoms with E-state index in [2.05, 4.69) is 152 Å². The highest BCUT2D eigenvalue weighted by Crippen LogP contribution is 2.42. The van der Waals surface area contributed by atoms with Crippen LogP contribution in [-0.4, -0.2) is 0 Å². The minimum atomic E-state index is -0.129. The zero-order valence-electron chi connectivity index (χ0n) is 39.6. The summed E-state index contributed by atoms with van der Waals surface area (Å²) in [6, 6.07) is 84.5. The van der Waals surface area contributed by atoms with Gasteiger partial charge < -0.3 is 4.90 Å². The Balaban J connectivity index is 1.04. The van der Waals surface area contributed by atoms with Gasteiger partial charge in [0.25, 0.3) is 0 Å². The number of fused-ring (bicyclic) bond motifs is 1. The number of hydrogen-bond acceptors (Lipinski definition) is 1. The maximum absolute atomic E-state index is 9.66. The molecule has 0 fully saturated rings. The lowest BCUT2D eigenvalue weighted by atomic mass is 9.90. The molecule has 11 rings (SSSR count). The van der Waals surface area contributed by atoms with Gasteiger partial charge in [-0.05, 0) is 143 Å². The smallest absolute Gasteiger partial charge is 0.0645 e. The summed E-state index contributed by atoms with van der Waals surface area (Å²) in [5, 5.41) is 2.32. The van der Waals surface area contributed by atoms with Gasteiger partial charge in [0, 0.05) is 17.1 Å². The monoisotopic (exact) mass is 831 g/mol. The fourth-order valence-electron chi connectivity index (χ4n) is 8.84. The summed E-state index contributed by atoms with van der Waals surface area (Å²) in [5.41, 5.74) is 15.4. The van der Waals surface area contributed by atoms with Gasteiger partial charge in [0.1, 0.15) is 0 Å². The van der Waals surface area contributed by atoms with Crippen LogP contribution in [0.1, 0.15) is 5.48 Å². The first-order valence-corrected chi connectivity index (χ1v) is 22.0. The average Bonchev–Trinajstić information content (AvgIpc) is 3.42. The van der Waals surface area contributed by atoms with Gasteiger partial charge in [0.15, 0.2) is 0 Å².